The van der Waals surface area contributed by atoms with E-state index in [4.69, 9.17) is 5.73 Å². The largest absolute Gasteiger partial charge is 0.361 e. The summed E-state index contributed by atoms with van der Waals surface area (Å²) in [5.41, 5.74) is 12.9. The van der Waals surface area contributed by atoms with Gasteiger partial charge in [-0.05, 0) is 74.0 Å². The van der Waals surface area contributed by atoms with Crippen molar-refractivity contribution in [2.24, 2.45) is 11.7 Å². The molecule has 2 heterocycles. The Hall–Kier alpha value is -2.10. The topological polar surface area (TPSA) is 45.0 Å². The molecule has 1 aliphatic rings. The predicted octanol–water partition coefficient (Wildman–Crippen LogP) is 4.70. The van der Waals surface area contributed by atoms with Gasteiger partial charge in [0, 0.05) is 29.7 Å². The first-order valence-electron chi connectivity index (χ1n) is 9.72. The zero-order chi connectivity index (χ0) is 18.1. The molecule has 4 rings (SSSR count). The minimum Gasteiger partial charge on any atom is -0.361 e. The molecule has 0 saturated carbocycles. The summed E-state index contributed by atoms with van der Waals surface area (Å²) in [5.74, 6) is 0.628. The predicted molar refractivity (Wildman–Crippen MR) is 109 cm³/mol. The Bertz CT molecular complexity index is 881. The molecular formula is C23H29N3. The third-order valence-electron chi connectivity index (χ3n) is 6.08. The van der Waals surface area contributed by atoms with Crippen molar-refractivity contribution in [1.82, 2.24) is 9.88 Å². The number of H-pyrrole nitrogens is 1. The molecule has 136 valence electrons. The summed E-state index contributed by atoms with van der Waals surface area (Å²) in [6, 6.07) is 15.9. The standard InChI is InChI=1S/C23H29N3/c1-16-12-17(2)23-20(8-10-25-23)21(16)15-26-11-9-18(14-24)13-22(26)19-6-4-3-5-7-19/h3-8,10,12,18,22,25H,9,11,13-15,24H2,1-2H3. The maximum atomic E-state index is 6.02. The summed E-state index contributed by atoms with van der Waals surface area (Å²) < 4.78 is 0. The van der Waals surface area contributed by atoms with Crippen LogP contribution >= 0.6 is 0 Å². The Kier molecular flexibility index (Phi) is 4.84. The van der Waals surface area contributed by atoms with Crippen molar-refractivity contribution in [3.05, 3.63) is 70.9 Å². The number of fused-ring (bicyclic) bond motifs is 1. The van der Waals surface area contributed by atoms with Crippen molar-refractivity contribution in [2.45, 2.75) is 39.3 Å². The maximum Gasteiger partial charge on any atom is 0.0487 e. The van der Waals surface area contributed by atoms with Gasteiger partial charge < -0.3 is 10.7 Å². The van der Waals surface area contributed by atoms with Gasteiger partial charge >= 0.3 is 0 Å². The summed E-state index contributed by atoms with van der Waals surface area (Å²) in [7, 11) is 0. The van der Waals surface area contributed by atoms with E-state index in [0.29, 0.717) is 12.0 Å². The van der Waals surface area contributed by atoms with Crippen molar-refractivity contribution in [3.63, 3.8) is 0 Å². The number of benzene rings is 2. The molecule has 0 amide bonds. The summed E-state index contributed by atoms with van der Waals surface area (Å²) in [6.07, 6.45) is 4.42. The van der Waals surface area contributed by atoms with E-state index in [1.807, 2.05) is 0 Å². The molecule has 3 N–H and O–H groups in total. The van der Waals surface area contributed by atoms with Gasteiger partial charge in [-0.15, -0.1) is 0 Å². The quantitative estimate of drug-likeness (QED) is 0.719. The highest BCUT2D eigenvalue weighted by Gasteiger charge is 2.29. The summed E-state index contributed by atoms with van der Waals surface area (Å²) in [4.78, 5) is 6.08. The van der Waals surface area contributed by atoms with Gasteiger partial charge in [-0.25, -0.2) is 0 Å². The lowest BCUT2D eigenvalue weighted by Gasteiger charge is -2.40. The summed E-state index contributed by atoms with van der Waals surface area (Å²) in [6.45, 7) is 7.34. The molecule has 0 spiro atoms. The number of aromatic nitrogens is 1. The molecule has 26 heavy (non-hydrogen) atoms. The van der Waals surface area contributed by atoms with Gasteiger partial charge in [-0.2, -0.15) is 0 Å². The number of hydrogen-bond acceptors (Lipinski definition) is 2. The molecule has 0 radical (unpaired) electrons. The molecule has 2 aromatic carbocycles. The number of nitrogens with zero attached hydrogens (tertiary/aromatic N) is 1. The Morgan fingerprint density at radius 2 is 1.92 bits per heavy atom. The second kappa shape index (κ2) is 7.26. The number of piperidine rings is 1. The molecule has 0 bridgehead atoms. The summed E-state index contributed by atoms with van der Waals surface area (Å²) >= 11 is 0. The molecular weight excluding hydrogens is 318 g/mol. The molecule has 2 atom stereocenters. The van der Waals surface area contributed by atoms with Crippen LogP contribution in [-0.2, 0) is 6.54 Å². The van der Waals surface area contributed by atoms with Crippen molar-refractivity contribution in [2.75, 3.05) is 13.1 Å². The van der Waals surface area contributed by atoms with Gasteiger partial charge in [0.25, 0.3) is 0 Å². The first kappa shape index (κ1) is 17.3. The van der Waals surface area contributed by atoms with Crippen molar-refractivity contribution >= 4 is 10.9 Å². The number of aryl methyl sites for hydroxylation is 2. The van der Waals surface area contributed by atoms with E-state index >= 15 is 0 Å². The van der Waals surface area contributed by atoms with Gasteiger partial charge in [-0.3, -0.25) is 4.90 Å². The van der Waals surface area contributed by atoms with Crippen LogP contribution in [0.2, 0.25) is 0 Å². The molecule has 1 aliphatic heterocycles. The van der Waals surface area contributed by atoms with Crippen LogP contribution in [0.1, 0.15) is 41.1 Å². The lowest BCUT2D eigenvalue weighted by Crippen LogP contribution is -2.38. The van der Waals surface area contributed by atoms with E-state index < -0.39 is 0 Å². The molecule has 1 fully saturated rings. The Morgan fingerprint density at radius 1 is 1.12 bits per heavy atom. The number of rotatable bonds is 4. The molecule has 3 nitrogen and oxygen atoms in total. The van der Waals surface area contributed by atoms with E-state index in [-0.39, 0.29) is 0 Å². The maximum absolute atomic E-state index is 6.02. The molecule has 0 aliphatic carbocycles. The van der Waals surface area contributed by atoms with Gasteiger partial charge in [0.05, 0.1) is 0 Å². The van der Waals surface area contributed by atoms with Crippen LogP contribution < -0.4 is 5.73 Å². The van der Waals surface area contributed by atoms with E-state index in [2.05, 4.69) is 72.4 Å². The highest BCUT2D eigenvalue weighted by Crippen LogP contribution is 2.36. The van der Waals surface area contributed by atoms with Crippen LogP contribution in [0.4, 0.5) is 0 Å². The fourth-order valence-corrected chi connectivity index (χ4v) is 4.57. The first-order valence-corrected chi connectivity index (χ1v) is 9.72. The normalized spacial score (nSPS) is 21.3. The van der Waals surface area contributed by atoms with E-state index in [1.54, 1.807) is 0 Å². The lowest BCUT2D eigenvalue weighted by atomic mass is 9.86. The van der Waals surface area contributed by atoms with Crippen LogP contribution in [0.15, 0.2) is 48.7 Å². The van der Waals surface area contributed by atoms with E-state index in [1.165, 1.54) is 39.6 Å². The molecule has 2 unspecified atom stereocenters. The first-order chi connectivity index (χ1) is 12.7. The number of nitrogens with two attached hydrogens (primary N) is 1. The van der Waals surface area contributed by atoms with Gasteiger partial charge in [0.2, 0.25) is 0 Å². The highest BCUT2D eigenvalue weighted by atomic mass is 15.2. The zero-order valence-electron chi connectivity index (χ0n) is 15.8. The Balaban J connectivity index is 1.69. The average molecular weight is 348 g/mol. The van der Waals surface area contributed by atoms with E-state index in [0.717, 1.165) is 26.1 Å². The second-order valence-corrected chi connectivity index (χ2v) is 7.78. The number of nitrogens with one attached hydrogen (secondary N) is 1. The van der Waals surface area contributed by atoms with Crippen molar-refractivity contribution in [3.8, 4) is 0 Å². The zero-order valence-corrected chi connectivity index (χ0v) is 15.8. The third-order valence-corrected chi connectivity index (χ3v) is 6.08. The molecule has 1 saturated heterocycles. The minimum absolute atomic E-state index is 0.452. The number of likely N-dealkylation sites (tertiary alicyclic amines) is 1. The van der Waals surface area contributed by atoms with Gasteiger partial charge in [-0.1, -0.05) is 36.4 Å². The molecule has 3 heteroatoms. The van der Waals surface area contributed by atoms with Crippen molar-refractivity contribution < 1.29 is 0 Å². The van der Waals surface area contributed by atoms with Crippen LogP contribution in [0.25, 0.3) is 10.9 Å². The monoisotopic (exact) mass is 347 g/mol. The Morgan fingerprint density at radius 3 is 2.69 bits per heavy atom. The van der Waals surface area contributed by atoms with E-state index in [9.17, 15) is 0 Å². The van der Waals surface area contributed by atoms with Crippen molar-refractivity contribution in [1.29, 1.82) is 0 Å². The van der Waals surface area contributed by atoms with Gasteiger partial charge in [0.15, 0.2) is 0 Å². The fourth-order valence-electron chi connectivity index (χ4n) is 4.57. The fraction of sp³-hybridized carbons (Fsp3) is 0.391. The number of aromatic amines is 1. The lowest BCUT2D eigenvalue weighted by molar-refractivity contribution is 0.107. The van der Waals surface area contributed by atoms with Crippen LogP contribution in [0.5, 0.6) is 0 Å². The van der Waals surface area contributed by atoms with Gasteiger partial charge in [0.1, 0.15) is 0 Å². The average Bonchev–Trinajstić information content (AvgIpc) is 3.16. The highest BCUT2D eigenvalue weighted by molar-refractivity contribution is 5.86. The summed E-state index contributed by atoms with van der Waals surface area (Å²) in [5, 5.41) is 1.37. The van der Waals surface area contributed by atoms with Crippen LogP contribution in [0.3, 0.4) is 0 Å². The minimum atomic E-state index is 0.452. The Labute approximate surface area is 156 Å². The smallest absolute Gasteiger partial charge is 0.0487 e. The molecule has 1 aromatic heterocycles. The SMILES string of the molecule is Cc1cc(C)c2[nH]ccc2c1CN1CCC(CN)CC1c1ccccc1. The van der Waals surface area contributed by atoms with Crippen LogP contribution in [0, 0.1) is 19.8 Å². The third kappa shape index (κ3) is 3.17. The van der Waals surface area contributed by atoms with Crippen LogP contribution in [-0.4, -0.2) is 23.0 Å². The number of hydrogen-bond donors (Lipinski definition) is 2. The second-order valence-electron chi connectivity index (χ2n) is 7.78. The molecule has 3 aromatic rings.